The highest BCUT2D eigenvalue weighted by molar-refractivity contribution is 4.63. The summed E-state index contributed by atoms with van der Waals surface area (Å²) >= 11 is 0. The molecule has 0 aromatic carbocycles. The van der Waals surface area contributed by atoms with E-state index in [2.05, 4.69) is 4.74 Å². The summed E-state index contributed by atoms with van der Waals surface area (Å²) in [6.07, 6.45) is -4.57. The summed E-state index contributed by atoms with van der Waals surface area (Å²) in [4.78, 5) is 0. The molecule has 0 saturated carbocycles. The molecule has 0 saturated heterocycles. The van der Waals surface area contributed by atoms with Gasteiger partial charge in [-0.2, -0.15) is 13.2 Å². The highest BCUT2D eigenvalue weighted by Gasteiger charge is 2.31. The molecule has 0 aliphatic heterocycles. The van der Waals surface area contributed by atoms with Crippen molar-refractivity contribution in [1.29, 1.82) is 0 Å². The molecule has 0 rings (SSSR count). The molecule has 12 heavy (non-hydrogen) atoms. The van der Waals surface area contributed by atoms with Crippen LogP contribution >= 0.6 is 0 Å². The predicted molar refractivity (Wildman–Crippen MR) is 39.7 cm³/mol. The average Bonchev–Trinajstić information content (AvgIpc) is 1.84. The lowest BCUT2D eigenvalue weighted by Crippen LogP contribution is -2.21. The monoisotopic (exact) mass is 185 g/mol. The third-order valence-electron chi connectivity index (χ3n) is 1.50. The van der Waals surface area contributed by atoms with Crippen LogP contribution in [0.3, 0.4) is 0 Å². The Bertz CT molecular complexity index is 110. The molecular formula is C7H14F3NO. The van der Waals surface area contributed by atoms with Gasteiger partial charge in [0, 0.05) is 20.1 Å². The van der Waals surface area contributed by atoms with E-state index < -0.39 is 18.5 Å². The SMILES string of the molecule is COCC(CCN)CC(F)(F)F. The zero-order valence-electron chi connectivity index (χ0n) is 7.03. The Morgan fingerprint density at radius 3 is 2.33 bits per heavy atom. The van der Waals surface area contributed by atoms with Crippen molar-refractivity contribution in [3.8, 4) is 0 Å². The van der Waals surface area contributed by atoms with Crippen LogP contribution in [-0.4, -0.2) is 26.4 Å². The van der Waals surface area contributed by atoms with Gasteiger partial charge >= 0.3 is 6.18 Å². The maximum atomic E-state index is 11.9. The van der Waals surface area contributed by atoms with E-state index >= 15 is 0 Å². The highest BCUT2D eigenvalue weighted by atomic mass is 19.4. The van der Waals surface area contributed by atoms with Crippen LogP contribution in [0, 0.1) is 5.92 Å². The van der Waals surface area contributed by atoms with Crippen LogP contribution in [0.1, 0.15) is 12.8 Å². The highest BCUT2D eigenvalue weighted by Crippen LogP contribution is 2.26. The predicted octanol–water partition coefficient (Wildman–Crippen LogP) is 1.55. The first-order chi connectivity index (χ1) is 5.49. The van der Waals surface area contributed by atoms with Crippen LogP contribution in [0.5, 0.6) is 0 Å². The Hall–Kier alpha value is -0.290. The van der Waals surface area contributed by atoms with E-state index in [0.29, 0.717) is 6.42 Å². The fourth-order valence-electron chi connectivity index (χ4n) is 1.04. The average molecular weight is 185 g/mol. The molecule has 2 N–H and O–H groups in total. The van der Waals surface area contributed by atoms with Gasteiger partial charge < -0.3 is 10.5 Å². The van der Waals surface area contributed by atoms with Gasteiger partial charge in [-0.15, -0.1) is 0 Å². The molecular weight excluding hydrogens is 171 g/mol. The fraction of sp³-hybridized carbons (Fsp3) is 1.00. The summed E-state index contributed by atoms with van der Waals surface area (Å²) < 4.78 is 40.2. The summed E-state index contributed by atoms with van der Waals surface area (Å²) in [6.45, 7) is 0.390. The molecule has 2 nitrogen and oxygen atoms in total. The minimum absolute atomic E-state index is 0.122. The second kappa shape index (κ2) is 5.37. The molecule has 0 aliphatic carbocycles. The Morgan fingerprint density at radius 1 is 1.42 bits per heavy atom. The summed E-state index contributed by atoms with van der Waals surface area (Å²) in [6, 6.07) is 0. The van der Waals surface area contributed by atoms with E-state index in [4.69, 9.17) is 5.73 Å². The number of alkyl halides is 3. The zero-order valence-corrected chi connectivity index (χ0v) is 7.03. The fourth-order valence-corrected chi connectivity index (χ4v) is 1.04. The number of ether oxygens (including phenoxy) is 1. The Morgan fingerprint density at radius 2 is 2.00 bits per heavy atom. The lowest BCUT2D eigenvalue weighted by molar-refractivity contribution is -0.148. The van der Waals surface area contributed by atoms with Crippen LogP contribution in [0.2, 0.25) is 0 Å². The van der Waals surface area contributed by atoms with Gasteiger partial charge in [0.25, 0.3) is 0 Å². The van der Waals surface area contributed by atoms with Crippen molar-refractivity contribution in [2.75, 3.05) is 20.3 Å². The van der Waals surface area contributed by atoms with Crippen molar-refractivity contribution in [1.82, 2.24) is 0 Å². The minimum Gasteiger partial charge on any atom is -0.384 e. The van der Waals surface area contributed by atoms with Crippen molar-refractivity contribution in [2.24, 2.45) is 11.7 Å². The van der Waals surface area contributed by atoms with Gasteiger partial charge in [-0.3, -0.25) is 0 Å². The summed E-state index contributed by atoms with van der Waals surface area (Å²) in [7, 11) is 1.39. The Labute approximate surface area is 69.9 Å². The smallest absolute Gasteiger partial charge is 0.384 e. The van der Waals surface area contributed by atoms with Crippen molar-refractivity contribution < 1.29 is 17.9 Å². The Balaban J connectivity index is 3.77. The molecule has 74 valence electrons. The molecule has 0 spiro atoms. The zero-order chi connectivity index (χ0) is 9.61. The van der Waals surface area contributed by atoms with Crippen molar-refractivity contribution >= 4 is 0 Å². The number of halogens is 3. The van der Waals surface area contributed by atoms with Crippen LogP contribution in [0.25, 0.3) is 0 Å². The molecule has 5 heteroatoms. The number of methoxy groups -OCH3 is 1. The molecule has 0 radical (unpaired) electrons. The summed E-state index contributed by atoms with van der Waals surface area (Å²) in [5, 5.41) is 0. The topological polar surface area (TPSA) is 35.2 Å². The van der Waals surface area contributed by atoms with Gasteiger partial charge in [-0.25, -0.2) is 0 Å². The molecule has 0 heterocycles. The second-order valence-electron chi connectivity index (χ2n) is 2.72. The van der Waals surface area contributed by atoms with Crippen LogP contribution in [0.15, 0.2) is 0 Å². The molecule has 0 fully saturated rings. The van der Waals surface area contributed by atoms with Crippen molar-refractivity contribution in [3.05, 3.63) is 0 Å². The van der Waals surface area contributed by atoms with E-state index in [1.54, 1.807) is 0 Å². The van der Waals surface area contributed by atoms with Gasteiger partial charge in [0.2, 0.25) is 0 Å². The summed E-state index contributed by atoms with van der Waals surface area (Å²) in [5.74, 6) is -0.500. The largest absolute Gasteiger partial charge is 0.389 e. The van der Waals surface area contributed by atoms with Gasteiger partial charge in [0.15, 0.2) is 0 Å². The third-order valence-corrected chi connectivity index (χ3v) is 1.50. The first kappa shape index (κ1) is 11.7. The molecule has 0 aromatic heterocycles. The maximum Gasteiger partial charge on any atom is 0.389 e. The molecule has 0 amide bonds. The number of rotatable bonds is 5. The maximum absolute atomic E-state index is 11.9. The number of nitrogens with two attached hydrogens (primary N) is 1. The first-order valence-corrected chi connectivity index (χ1v) is 3.75. The van der Waals surface area contributed by atoms with E-state index in [1.807, 2.05) is 0 Å². The van der Waals surface area contributed by atoms with Crippen LogP contribution in [-0.2, 0) is 4.74 Å². The number of hydrogen-bond acceptors (Lipinski definition) is 2. The Kier molecular flexibility index (Phi) is 5.24. The van der Waals surface area contributed by atoms with Crippen molar-refractivity contribution in [3.63, 3.8) is 0 Å². The minimum atomic E-state index is -4.11. The molecule has 1 atom stereocenters. The standard InChI is InChI=1S/C7H14F3NO/c1-12-5-6(2-3-11)4-7(8,9)10/h6H,2-5,11H2,1H3. The quantitative estimate of drug-likeness (QED) is 0.705. The molecule has 0 aliphatic rings. The van der Waals surface area contributed by atoms with Gasteiger partial charge in [0.1, 0.15) is 0 Å². The van der Waals surface area contributed by atoms with Gasteiger partial charge in [-0.1, -0.05) is 0 Å². The van der Waals surface area contributed by atoms with E-state index in [1.165, 1.54) is 7.11 Å². The molecule has 0 bridgehead atoms. The lowest BCUT2D eigenvalue weighted by Gasteiger charge is -2.16. The summed E-state index contributed by atoms with van der Waals surface area (Å²) in [5.41, 5.74) is 5.16. The second-order valence-corrected chi connectivity index (χ2v) is 2.72. The van der Waals surface area contributed by atoms with Gasteiger partial charge in [-0.05, 0) is 18.9 Å². The van der Waals surface area contributed by atoms with Gasteiger partial charge in [0.05, 0.1) is 0 Å². The number of hydrogen-bond donors (Lipinski definition) is 1. The first-order valence-electron chi connectivity index (χ1n) is 3.75. The third kappa shape index (κ3) is 6.42. The van der Waals surface area contributed by atoms with Crippen LogP contribution < -0.4 is 5.73 Å². The lowest BCUT2D eigenvalue weighted by atomic mass is 10.0. The van der Waals surface area contributed by atoms with Crippen LogP contribution in [0.4, 0.5) is 13.2 Å². The van der Waals surface area contributed by atoms with E-state index in [0.717, 1.165) is 0 Å². The normalized spacial score (nSPS) is 14.8. The van der Waals surface area contributed by atoms with E-state index in [-0.39, 0.29) is 13.2 Å². The van der Waals surface area contributed by atoms with Crippen molar-refractivity contribution in [2.45, 2.75) is 19.0 Å². The molecule has 0 aromatic rings. The molecule has 1 unspecified atom stereocenters. The van der Waals surface area contributed by atoms with E-state index in [9.17, 15) is 13.2 Å².